The van der Waals surface area contributed by atoms with Crippen molar-refractivity contribution >= 4 is 5.91 Å². The van der Waals surface area contributed by atoms with Gasteiger partial charge in [-0.05, 0) is 30.7 Å². The fraction of sp³-hybridized carbons (Fsp3) is 0.667. The average Bonchev–Trinajstić information content (AvgIpc) is 2.71. The zero-order valence-corrected chi connectivity index (χ0v) is 16.9. The van der Waals surface area contributed by atoms with Crippen molar-refractivity contribution in [1.29, 1.82) is 0 Å². The Morgan fingerprint density at radius 1 is 1.17 bits per heavy atom. The molecule has 8 atom stereocenters. The second-order valence-electron chi connectivity index (χ2n) is 7.78. The number of hydrogen-bond acceptors (Lipinski definition) is 7. The largest absolute Gasteiger partial charge is 0.394 e. The van der Waals surface area contributed by atoms with E-state index in [0.717, 1.165) is 5.56 Å². The number of aliphatic hydroxyl groups excluding tert-OH is 4. The number of carbonyl (C=O) groups excluding carboxylic acids is 1. The Labute approximate surface area is 171 Å². The summed E-state index contributed by atoms with van der Waals surface area (Å²) in [5.41, 5.74) is 6.76. The Hall–Kier alpha value is -1.55. The van der Waals surface area contributed by atoms with Crippen LogP contribution in [-0.2, 0) is 20.7 Å². The first kappa shape index (κ1) is 23.7. The highest BCUT2D eigenvalue weighted by Crippen LogP contribution is 2.28. The molecule has 1 aromatic carbocycles. The Morgan fingerprint density at radius 2 is 1.83 bits per heavy atom. The molecule has 1 amide bonds. The van der Waals surface area contributed by atoms with Gasteiger partial charge < -0.3 is 35.6 Å². The van der Waals surface area contributed by atoms with Crippen molar-refractivity contribution in [3.05, 3.63) is 35.9 Å². The van der Waals surface area contributed by atoms with Crippen molar-refractivity contribution in [3.8, 4) is 0 Å². The summed E-state index contributed by atoms with van der Waals surface area (Å²) < 4.78 is 11.2. The molecule has 6 N–H and O–H groups in total. The van der Waals surface area contributed by atoms with E-state index in [2.05, 4.69) is 0 Å². The van der Waals surface area contributed by atoms with Gasteiger partial charge in [0.15, 0.2) is 6.29 Å². The van der Waals surface area contributed by atoms with E-state index < -0.39 is 55.2 Å². The van der Waals surface area contributed by atoms with Crippen LogP contribution >= 0.6 is 0 Å². The summed E-state index contributed by atoms with van der Waals surface area (Å²) in [5, 5.41) is 39.3. The lowest BCUT2D eigenvalue weighted by atomic mass is 9.83. The standard InChI is InChI=1S/C21H33NO7/c1-3-14(28-21-19(26)18(25)17(24)16(11-23)29-21)10-15(20(22)27)12(2)9-13-7-5-4-6-8-13/h4-8,12,14-19,21,23-26H,3,9-11H2,1-2H3,(H2,22,27)/t12-,14?,15?,16+,17-,18-,19+,21-/m0/s1. The molecule has 2 rings (SSSR count). The van der Waals surface area contributed by atoms with Crippen LogP contribution in [0.15, 0.2) is 30.3 Å². The minimum absolute atomic E-state index is 0.0256. The van der Waals surface area contributed by atoms with E-state index in [9.17, 15) is 25.2 Å². The van der Waals surface area contributed by atoms with E-state index in [1.165, 1.54) is 0 Å². The fourth-order valence-corrected chi connectivity index (χ4v) is 3.73. The minimum atomic E-state index is -1.51. The van der Waals surface area contributed by atoms with Crippen LogP contribution in [0.5, 0.6) is 0 Å². The van der Waals surface area contributed by atoms with Gasteiger partial charge in [0.2, 0.25) is 5.91 Å². The molecule has 0 aliphatic carbocycles. The Balaban J connectivity index is 2.04. The molecule has 29 heavy (non-hydrogen) atoms. The quantitative estimate of drug-likeness (QED) is 0.363. The highest BCUT2D eigenvalue weighted by molar-refractivity contribution is 5.77. The molecule has 0 spiro atoms. The predicted octanol–water partition coefficient (Wildman–Crippen LogP) is -0.0481. The third-order valence-electron chi connectivity index (χ3n) is 5.60. The fourth-order valence-electron chi connectivity index (χ4n) is 3.73. The van der Waals surface area contributed by atoms with E-state index in [-0.39, 0.29) is 5.92 Å². The Bertz CT molecular complexity index is 627. The second kappa shape index (κ2) is 11.0. The molecule has 164 valence electrons. The third kappa shape index (κ3) is 6.21. The molecule has 1 aromatic rings. The van der Waals surface area contributed by atoms with Gasteiger partial charge in [-0.15, -0.1) is 0 Å². The number of aliphatic hydroxyl groups is 4. The molecule has 0 radical (unpaired) electrons. The van der Waals surface area contributed by atoms with Crippen molar-refractivity contribution in [1.82, 2.24) is 0 Å². The van der Waals surface area contributed by atoms with Gasteiger partial charge in [-0.25, -0.2) is 0 Å². The lowest BCUT2D eigenvalue weighted by Crippen LogP contribution is -2.59. The molecule has 2 unspecified atom stereocenters. The first-order chi connectivity index (χ1) is 13.8. The number of amides is 1. The lowest BCUT2D eigenvalue weighted by molar-refractivity contribution is -0.312. The van der Waals surface area contributed by atoms with Crippen molar-refractivity contribution in [2.24, 2.45) is 17.6 Å². The first-order valence-electron chi connectivity index (χ1n) is 10.1. The summed E-state index contributed by atoms with van der Waals surface area (Å²) >= 11 is 0. The van der Waals surface area contributed by atoms with Crippen LogP contribution < -0.4 is 5.73 Å². The van der Waals surface area contributed by atoms with Crippen molar-refractivity contribution in [2.45, 2.75) is 69.9 Å². The van der Waals surface area contributed by atoms with Gasteiger partial charge in [0.25, 0.3) is 0 Å². The van der Waals surface area contributed by atoms with Gasteiger partial charge in [-0.3, -0.25) is 4.79 Å². The molecule has 8 nitrogen and oxygen atoms in total. The van der Waals surface area contributed by atoms with Crippen LogP contribution in [0.4, 0.5) is 0 Å². The van der Waals surface area contributed by atoms with Crippen molar-refractivity contribution in [3.63, 3.8) is 0 Å². The number of nitrogens with two attached hydrogens (primary N) is 1. The summed E-state index contributed by atoms with van der Waals surface area (Å²) in [4.78, 5) is 12.1. The zero-order chi connectivity index (χ0) is 21.6. The third-order valence-corrected chi connectivity index (χ3v) is 5.60. The number of ether oxygens (including phenoxy) is 2. The van der Waals surface area contributed by atoms with Gasteiger partial charge in [-0.1, -0.05) is 44.2 Å². The monoisotopic (exact) mass is 411 g/mol. The molecule has 8 heteroatoms. The van der Waals surface area contributed by atoms with Crippen molar-refractivity contribution in [2.75, 3.05) is 6.61 Å². The minimum Gasteiger partial charge on any atom is -0.394 e. The summed E-state index contributed by atoms with van der Waals surface area (Å²) in [6.07, 6.45) is -5.63. The summed E-state index contributed by atoms with van der Waals surface area (Å²) in [6.45, 7) is 3.30. The zero-order valence-electron chi connectivity index (χ0n) is 16.9. The second-order valence-corrected chi connectivity index (χ2v) is 7.78. The van der Waals surface area contributed by atoms with E-state index in [1.807, 2.05) is 44.2 Å². The number of hydrogen-bond donors (Lipinski definition) is 5. The summed E-state index contributed by atoms with van der Waals surface area (Å²) in [5.74, 6) is -0.906. The van der Waals surface area contributed by atoms with Crippen LogP contribution in [0.25, 0.3) is 0 Å². The highest BCUT2D eigenvalue weighted by Gasteiger charge is 2.45. The van der Waals surface area contributed by atoms with Gasteiger partial charge in [-0.2, -0.15) is 0 Å². The maximum Gasteiger partial charge on any atom is 0.220 e. The number of benzene rings is 1. The maximum absolute atomic E-state index is 12.1. The van der Waals surface area contributed by atoms with Gasteiger partial charge in [0.05, 0.1) is 12.7 Å². The molecule has 1 aliphatic heterocycles. The van der Waals surface area contributed by atoms with Gasteiger partial charge in [0.1, 0.15) is 24.4 Å². The van der Waals surface area contributed by atoms with E-state index in [4.69, 9.17) is 15.2 Å². The molecule has 1 fully saturated rings. The normalized spacial score (nSPS) is 30.5. The van der Waals surface area contributed by atoms with Crippen LogP contribution in [0.1, 0.15) is 32.3 Å². The van der Waals surface area contributed by atoms with Crippen LogP contribution in [-0.4, -0.2) is 69.8 Å². The number of carbonyl (C=O) groups is 1. The van der Waals surface area contributed by atoms with E-state index in [0.29, 0.717) is 19.3 Å². The van der Waals surface area contributed by atoms with E-state index in [1.54, 1.807) is 0 Å². The molecule has 0 bridgehead atoms. The SMILES string of the molecule is CCC(CC(C(N)=O)[C@@H](C)Cc1ccccc1)O[C@H]1O[C@H](CO)[C@H](O)[C@H](O)[C@H]1O. The summed E-state index contributed by atoms with van der Waals surface area (Å²) in [7, 11) is 0. The lowest BCUT2D eigenvalue weighted by Gasteiger charge is -2.41. The molecular weight excluding hydrogens is 378 g/mol. The molecule has 1 aliphatic rings. The maximum atomic E-state index is 12.1. The Morgan fingerprint density at radius 3 is 2.38 bits per heavy atom. The first-order valence-corrected chi connectivity index (χ1v) is 10.1. The van der Waals surface area contributed by atoms with Crippen molar-refractivity contribution < 1.29 is 34.7 Å². The predicted molar refractivity (Wildman–Crippen MR) is 106 cm³/mol. The van der Waals surface area contributed by atoms with E-state index >= 15 is 0 Å². The number of primary amides is 1. The summed E-state index contributed by atoms with van der Waals surface area (Å²) in [6, 6.07) is 9.81. The molecular formula is C21H33NO7. The Kier molecular flexibility index (Phi) is 9.01. The molecule has 0 aromatic heterocycles. The van der Waals surface area contributed by atoms with Crippen LogP contribution in [0.3, 0.4) is 0 Å². The smallest absolute Gasteiger partial charge is 0.220 e. The van der Waals surface area contributed by atoms with Crippen LogP contribution in [0, 0.1) is 11.8 Å². The molecule has 0 saturated carbocycles. The highest BCUT2D eigenvalue weighted by atomic mass is 16.7. The number of rotatable bonds is 10. The van der Waals surface area contributed by atoms with Crippen LogP contribution in [0.2, 0.25) is 0 Å². The topological polar surface area (TPSA) is 142 Å². The average molecular weight is 411 g/mol. The van der Waals surface area contributed by atoms with Gasteiger partial charge in [0, 0.05) is 5.92 Å². The molecule has 1 saturated heterocycles. The van der Waals surface area contributed by atoms with Gasteiger partial charge >= 0.3 is 0 Å². The molecule has 1 heterocycles.